The summed E-state index contributed by atoms with van der Waals surface area (Å²) in [6.07, 6.45) is 1.71. The second-order valence-electron chi connectivity index (χ2n) is 5.82. The lowest BCUT2D eigenvalue weighted by atomic mass is 10.1. The molecule has 0 bridgehead atoms. The molecule has 1 aliphatic heterocycles. The van der Waals surface area contributed by atoms with Gasteiger partial charge in [-0.1, -0.05) is 43.0 Å². The number of carboxylic acid groups (broad SMARTS) is 1. The van der Waals surface area contributed by atoms with Crippen LogP contribution in [-0.4, -0.2) is 37.2 Å². The van der Waals surface area contributed by atoms with Gasteiger partial charge in [0.25, 0.3) is 11.6 Å². The minimum absolute atomic E-state index is 0.0596. The largest absolute Gasteiger partial charge is 0.480 e. The number of non-ortho nitro benzene ring substituents is 1. The first kappa shape index (κ1) is 19.8. The molecule has 1 fully saturated rings. The molecule has 3 rings (SSSR count). The maximum absolute atomic E-state index is 12.6. The minimum atomic E-state index is -1.12. The average molecular weight is 418 g/mol. The zero-order chi connectivity index (χ0) is 20.4. The van der Waals surface area contributed by atoms with E-state index in [0.29, 0.717) is 17.1 Å². The fraction of sp³-hybridized carbons (Fsp3) is 0.167. The van der Waals surface area contributed by atoms with Gasteiger partial charge in [0, 0.05) is 23.8 Å². The second-order valence-corrected chi connectivity index (χ2v) is 7.50. The lowest BCUT2D eigenvalue weighted by Gasteiger charge is -2.21. The minimum Gasteiger partial charge on any atom is -0.480 e. The predicted octanol–water partition coefficient (Wildman–Crippen LogP) is 3.92. The number of nitrogens with zero attached hydrogens (tertiary/aromatic N) is 2. The summed E-state index contributed by atoms with van der Waals surface area (Å²) < 4.78 is 5.85. The third kappa shape index (κ3) is 3.82. The van der Waals surface area contributed by atoms with Crippen LogP contribution < -0.4 is 0 Å². The summed E-state index contributed by atoms with van der Waals surface area (Å²) in [7, 11) is 0. The van der Waals surface area contributed by atoms with E-state index >= 15 is 0 Å². The normalized spacial score (nSPS) is 16.6. The van der Waals surface area contributed by atoms with E-state index in [1.165, 1.54) is 18.2 Å². The van der Waals surface area contributed by atoms with Crippen molar-refractivity contribution in [1.82, 2.24) is 4.90 Å². The SMILES string of the molecule is CC[C@H](C(=O)O)N1C(=O)/C(=C\c2ccc(-c3cccc([N+](=O)[O-])c3)o2)SC1=S. The number of furan rings is 1. The highest BCUT2D eigenvalue weighted by molar-refractivity contribution is 8.26. The van der Waals surface area contributed by atoms with Gasteiger partial charge in [-0.15, -0.1) is 0 Å². The van der Waals surface area contributed by atoms with E-state index in [-0.39, 0.29) is 21.3 Å². The van der Waals surface area contributed by atoms with Crippen LogP contribution in [0.5, 0.6) is 0 Å². The van der Waals surface area contributed by atoms with Gasteiger partial charge >= 0.3 is 5.97 Å². The number of carboxylic acids is 1. The van der Waals surface area contributed by atoms with Gasteiger partial charge in [0.1, 0.15) is 21.9 Å². The molecule has 2 heterocycles. The molecule has 144 valence electrons. The molecule has 1 saturated heterocycles. The maximum Gasteiger partial charge on any atom is 0.326 e. The zero-order valence-electron chi connectivity index (χ0n) is 14.5. The first-order valence-corrected chi connectivity index (χ1v) is 9.38. The molecule has 1 amide bonds. The number of carbonyl (C=O) groups excluding carboxylic acids is 1. The smallest absolute Gasteiger partial charge is 0.326 e. The second kappa shape index (κ2) is 7.95. The standard InChI is InChI=1S/C18H14N2O6S2/c1-2-13(17(22)23)19-16(21)15(28-18(19)27)9-12-6-7-14(26-12)10-4-3-5-11(8-10)20(24)25/h3-9,13H,2H2,1H3,(H,22,23)/b15-9+/t13-/m1/s1. The quantitative estimate of drug-likeness (QED) is 0.325. The van der Waals surface area contributed by atoms with E-state index in [1.54, 1.807) is 31.2 Å². The molecule has 0 aliphatic carbocycles. The van der Waals surface area contributed by atoms with Crippen molar-refractivity contribution < 1.29 is 24.0 Å². The van der Waals surface area contributed by atoms with E-state index in [9.17, 15) is 24.8 Å². The van der Waals surface area contributed by atoms with Crippen molar-refractivity contribution in [1.29, 1.82) is 0 Å². The van der Waals surface area contributed by atoms with Crippen molar-refractivity contribution in [2.24, 2.45) is 0 Å². The molecule has 1 aliphatic rings. The number of carbonyl (C=O) groups is 2. The number of nitro groups is 1. The number of nitro benzene ring substituents is 1. The first-order valence-electron chi connectivity index (χ1n) is 8.16. The van der Waals surface area contributed by atoms with Crippen molar-refractivity contribution in [3.05, 3.63) is 57.2 Å². The Kier molecular flexibility index (Phi) is 5.61. The molecule has 28 heavy (non-hydrogen) atoms. The number of hydrogen-bond acceptors (Lipinski definition) is 7. The summed E-state index contributed by atoms with van der Waals surface area (Å²) in [5, 5.41) is 20.2. The van der Waals surface area contributed by atoms with Crippen molar-refractivity contribution in [3.63, 3.8) is 0 Å². The first-order chi connectivity index (χ1) is 13.3. The van der Waals surface area contributed by atoms with Crippen LogP contribution in [0.4, 0.5) is 5.69 Å². The molecule has 1 N–H and O–H groups in total. The highest BCUT2D eigenvalue weighted by atomic mass is 32.2. The van der Waals surface area contributed by atoms with Gasteiger partial charge in [-0.25, -0.2) is 4.79 Å². The lowest BCUT2D eigenvalue weighted by molar-refractivity contribution is -0.384. The Hall–Kier alpha value is -2.98. The van der Waals surface area contributed by atoms with Gasteiger partial charge in [0.05, 0.1) is 9.83 Å². The van der Waals surface area contributed by atoms with E-state index in [2.05, 4.69) is 0 Å². The average Bonchev–Trinajstić information content (AvgIpc) is 3.22. The van der Waals surface area contributed by atoms with Crippen LogP contribution >= 0.6 is 24.0 Å². The summed E-state index contributed by atoms with van der Waals surface area (Å²) in [6.45, 7) is 1.67. The number of hydrogen-bond donors (Lipinski definition) is 1. The molecule has 0 radical (unpaired) electrons. The molecule has 0 spiro atoms. The topological polar surface area (TPSA) is 114 Å². The Balaban J connectivity index is 1.87. The summed E-state index contributed by atoms with van der Waals surface area (Å²) in [5.41, 5.74) is 0.467. The van der Waals surface area contributed by atoms with Crippen LogP contribution in [0.25, 0.3) is 17.4 Å². The van der Waals surface area contributed by atoms with Crippen LogP contribution in [0.15, 0.2) is 45.7 Å². The van der Waals surface area contributed by atoms with E-state index < -0.39 is 22.8 Å². The van der Waals surface area contributed by atoms with Crippen LogP contribution in [-0.2, 0) is 9.59 Å². The molecule has 10 heteroatoms. The van der Waals surface area contributed by atoms with E-state index in [1.807, 2.05) is 0 Å². The molecule has 8 nitrogen and oxygen atoms in total. The summed E-state index contributed by atoms with van der Waals surface area (Å²) >= 11 is 6.17. The van der Waals surface area contributed by atoms with Crippen molar-refractivity contribution in [2.75, 3.05) is 0 Å². The number of benzene rings is 1. The maximum atomic E-state index is 12.6. The van der Waals surface area contributed by atoms with Crippen molar-refractivity contribution >= 4 is 51.9 Å². The van der Waals surface area contributed by atoms with Crippen LogP contribution in [0.3, 0.4) is 0 Å². The van der Waals surface area contributed by atoms with Crippen LogP contribution in [0.2, 0.25) is 0 Å². The number of rotatable bonds is 6. The van der Waals surface area contributed by atoms with Gasteiger partial charge < -0.3 is 9.52 Å². The third-order valence-corrected chi connectivity index (χ3v) is 5.38. The Morgan fingerprint density at radius 1 is 1.43 bits per heavy atom. The third-order valence-electron chi connectivity index (χ3n) is 4.05. The fourth-order valence-electron chi connectivity index (χ4n) is 2.70. The molecular formula is C18H14N2O6S2. The Morgan fingerprint density at radius 3 is 2.82 bits per heavy atom. The number of aliphatic carboxylic acids is 1. The Morgan fingerprint density at radius 2 is 2.18 bits per heavy atom. The van der Waals surface area contributed by atoms with Crippen LogP contribution in [0.1, 0.15) is 19.1 Å². The Bertz CT molecular complexity index is 1010. The summed E-state index contributed by atoms with van der Waals surface area (Å²) in [6, 6.07) is 8.24. The monoisotopic (exact) mass is 418 g/mol. The van der Waals surface area contributed by atoms with Gasteiger partial charge in [-0.05, 0) is 18.6 Å². The number of thioether (sulfide) groups is 1. The number of thiocarbonyl (C=S) groups is 1. The van der Waals surface area contributed by atoms with Crippen molar-refractivity contribution in [2.45, 2.75) is 19.4 Å². The van der Waals surface area contributed by atoms with Gasteiger partial charge in [0.15, 0.2) is 0 Å². The van der Waals surface area contributed by atoms with Crippen molar-refractivity contribution in [3.8, 4) is 11.3 Å². The van der Waals surface area contributed by atoms with E-state index in [4.69, 9.17) is 16.6 Å². The zero-order valence-corrected chi connectivity index (χ0v) is 16.2. The van der Waals surface area contributed by atoms with Gasteiger partial charge in [0.2, 0.25) is 0 Å². The fourth-order valence-corrected chi connectivity index (χ4v) is 4.04. The summed E-state index contributed by atoms with van der Waals surface area (Å²) in [4.78, 5) is 35.7. The lowest BCUT2D eigenvalue weighted by Crippen LogP contribution is -2.43. The summed E-state index contributed by atoms with van der Waals surface area (Å²) in [5.74, 6) is -0.851. The molecule has 2 aromatic rings. The Labute approximate surface area is 169 Å². The van der Waals surface area contributed by atoms with Gasteiger partial charge in [-0.3, -0.25) is 19.8 Å². The van der Waals surface area contributed by atoms with Crippen LogP contribution in [0, 0.1) is 10.1 Å². The highest BCUT2D eigenvalue weighted by Gasteiger charge is 2.39. The molecule has 1 aromatic carbocycles. The molecule has 1 aromatic heterocycles. The van der Waals surface area contributed by atoms with E-state index in [0.717, 1.165) is 16.7 Å². The number of amides is 1. The molecular weight excluding hydrogens is 404 g/mol. The highest BCUT2D eigenvalue weighted by Crippen LogP contribution is 2.35. The predicted molar refractivity (Wildman–Crippen MR) is 108 cm³/mol. The molecule has 0 saturated carbocycles. The van der Waals surface area contributed by atoms with Gasteiger partial charge in [-0.2, -0.15) is 0 Å². The molecule has 1 atom stereocenters. The molecule has 0 unspecified atom stereocenters.